The predicted octanol–water partition coefficient (Wildman–Crippen LogP) is 32.4. The molecule has 0 saturated carbocycles. The zero-order chi connectivity index (χ0) is 103. The minimum Gasteiger partial charge on any atom is -0.456 e. The van der Waals surface area contributed by atoms with E-state index in [0.717, 1.165) is 54.9 Å². The summed E-state index contributed by atoms with van der Waals surface area (Å²) in [4.78, 5) is 0. The van der Waals surface area contributed by atoms with E-state index in [1.807, 2.05) is 0 Å². The Morgan fingerprint density at radius 1 is 0.203 bits per heavy atom. The van der Waals surface area contributed by atoms with Gasteiger partial charge < -0.3 is 82.3 Å². The van der Waals surface area contributed by atoms with E-state index < -0.39 is 212 Å². The summed E-state index contributed by atoms with van der Waals surface area (Å²) in [6.07, 6.45) is 8.38. The summed E-state index contributed by atoms with van der Waals surface area (Å²) in [7, 11) is -49.6. The standard InChI is InChI=1S/C16H44O6Si6.C14H38O5Si5.C12H32O4Si4.2C11H30O2Si3.C10H26Si2.C9H24OSi2/c1-14-16(2)15-28(13)21-26(9,10)19-24(5,6)17-23(3,4)18-25(7,8)20-27(11,12)22-28;1-12-14(2)13-24(11)18-22(7,8)16-20(3,4)15-21(5,6)17-23(9,10)19-24;1-10-12(2)11-20(9)15-18(5,6)13-17(3,4)14-19(7,8)16-20;1-10-11(2)15(6,7)13-16(8,9)12-14(3,4)5;1-10-11(2)16(9,12-14(3,4)5)13-15(6,7)8;1-8-10(2)12(6,7)9-11(3,4)5;1-8-9(2)12(6,7)10-11(3,4)5/h16H,14-15H2,1-13H3;14H,12-13H2,1-11H3;12H,10-11H2,1-9H3;2*11H,10H2,1-9H3;10H,8-9H2,1-7H3;9H,8H2,1-7H3. The van der Waals surface area contributed by atoms with E-state index in [0.29, 0.717) is 28.8 Å². The molecule has 3 rings (SSSR count). The van der Waals surface area contributed by atoms with Crippen LogP contribution in [-0.4, -0.2) is 212 Å². The fraction of sp³-hybridized carbons (Fsp3) is 1.00. The maximum Gasteiger partial charge on any atom is 0.317 e. The minimum absolute atomic E-state index is 0.536. The molecule has 0 amide bonds. The third-order valence-electron chi connectivity index (χ3n) is 22.1. The monoisotopic (exact) mass is 2240 g/mol. The van der Waals surface area contributed by atoms with Crippen molar-refractivity contribution in [2.24, 2.45) is 17.8 Å². The molecule has 128 heavy (non-hydrogen) atoms. The van der Waals surface area contributed by atoms with Crippen molar-refractivity contribution in [1.29, 1.82) is 0 Å². The van der Waals surface area contributed by atoms with E-state index in [-0.39, 0.29) is 0 Å². The topological polar surface area (TPSA) is 185 Å². The van der Waals surface area contributed by atoms with Crippen LogP contribution in [0, 0.1) is 17.8 Å². The van der Waals surface area contributed by atoms with E-state index in [9.17, 15) is 0 Å². The average molecular weight is 2240 g/mol. The van der Waals surface area contributed by atoms with Crippen LogP contribution in [0.3, 0.4) is 0 Å². The van der Waals surface area contributed by atoms with Gasteiger partial charge in [0.15, 0.2) is 49.9 Å². The quantitative estimate of drug-likeness (QED) is 0.0643. The Bertz CT molecular complexity index is 3000. The summed E-state index contributed by atoms with van der Waals surface area (Å²) in [6.45, 7) is 145. The van der Waals surface area contributed by atoms with Crippen molar-refractivity contribution < 1.29 is 82.3 Å². The third-order valence-corrected chi connectivity index (χ3v) is 124. The van der Waals surface area contributed by atoms with E-state index >= 15 is 0 Å². The highest BCUT2D eigenvalue weighted by Crippen LogP contribution is 2.42. The summed E-state index contributed by atoms with van der Waals surface area (Å²) >= 11 is 0. The second-order valence-electron chi connectivity index (χ2n) is 51.4. The molecule has 3 aliphatic rings. The molecule has 3 fully saturated rings. The second kappa shape index (κ2) is 52.6. The van der Waals surface area contributed by atoms with Gasteiger partial charge in [-0.2, -0.15) is 0 Å². The maximum absolute atomic E-state index is 6.81. The molecule has 0 aliphatic carbocycles. The molecule has 3 heterocycles. The summed E-state index contributed by atoms with van der Waals surface area (Å²) in [5.41, 5.74) is 4.65. The van der Waals surface area contributed by atoms with Gasteiger partial charge in [-0.25, -0.2) is 0 Å². The molecular weight excluding hydrogens is 2020 g/mol. The first kappa shape index (κ1) is 139. The average Bonchev–Trinajstić information content (AvgIpc) is 0.783. The van der Waals surface area contributed by atoms with Crippen LogP contribution in [0.15, 0.2) is 0 Å². The van der Waals surface area contributed by atoms with Gasteiger partial charge >= 0.3 is 146 Å². The first-order valence-corrected chi connectivity index (χ1v) is 123. The van der Waals surface area contributed by atoms with Gasteiger partial charge in [0.1, 0.15) is 0 Å². The zero-order valence-electron chi connectivity index (χ0n) is 97.5. The van der Waals surface area contributed by atoms with Gasteiger partial charge in [-0.15, -0.1) is 0 Å². The Morgan fingerprint density at radius 3 is 0.531 bits per heavy atom. The highest BCUT2D eigenvalue weighted by Gasteiger charge is 2.57. The first-order valence-electron chi connectivity index (χ1n) is 49.7. The Labute approximate surface area is 825 Å². The maximum atomic E-state index is 6.81. The summed E-state index contributed by atoms with van der Waals surface area (Å²) < 4.78 is 130. The van der Waals surface area contributed by atoms with Crippen molar-refractivity contribution in [3.8, 4) is 0 Å². The third kappa shape index (κ3) is 65.1. The van der Waals surface area contributed by atoms with E-state index in [1.165, 1.54) is 19.3 Å². The minimum atomic E-state index is -2.51. The Balaban J connectivity index is -0.000000715. The Hall–Kier alpha value is 4.62. The fourth-order valence-corrected chi connectivity index (χ4v) is 148. The molecule has 45 heteroatoms. The van der Waals surface area contributed by atoms with Gasteiger partial charge in [0.2, 0.25) is 0 Å². The molecule has 0 aromatic rings. The van der Waals surface area contributed by atoms with Crippen molar-refractivity contribution in [1.82, 2.24) is 0 Å². The normalized spacial score (nSPS) is 23.8. The van der Waals surface area contributed by atoms with Gasteiger partial charge in [-0.3, -0.25) is 0 Å². The molecule has 0 N–H and O–H groups in total. The van der Waals surface area contributed by atoms with Gasteiger partial charge in [0.25, 0.3) is 0 Å². The van der Waals surface area contributed by atoms with Crippen LogP contribution < -0.4 is 0 Å². The van der Waals surface area contributed by atoms with Crippen LogP contribution in [0.1, 0.15) is 142 Å². The molecule has 776 valence electrons. The summed E-state index contributed by atoms with van der Waals surface area (Å²) in [5.74, 6) is 1.73. The molecule has 0 radical (unpaired) electrons. The van der Waals surface area contributed by atoms with Crippen LogP contribution >= 0.6 is 0 Å². The Morgan fingerprint density at radius 2 is 0.375 bits per heavy atom. The smallest absolute Gasteiger partial charge is 0.317 e. The van der Waals surface area contributed by atoms with Crippen LogP contribution in [0.25, 0.3) is 0 Å². The van der Waals surface area contributed by atoms with Crippen molar-refractivity contribution in [3.63, 3.8) is 0 Å². The van der Waals surface area contributed by atoms with E-state index in [1.54, 1.807) is 5.67 Å². The number of rotatable bonds is 29. The fourth-order valence-electron chi connectivity index (χ4n) is 18.6. The largest absolute Gasteiger partial charge is 0.456 e. The molecule has 7 unspecified atom stereocenters. The molecular formula is C83H224O20Si25. The summed E-state index contributed by atoms with van der Waals surface area (Å²) in [5, 5.41) is 0. The van der Waals surface area contributed by atoms with E-state index in [2.05, 4.69) is 431 Å². The van der Waals surface area contributed by atoms with Crippen molar-refractivity contribution in [3.05, 3.63) is 0 Å². The molecule has 0 spiro atoms. The van der Waals surface area contributed by atoms with Gasteiger partial charge in [-0.05, 0) is 359 Å². The number of hydrogen-bond acceptors (Lipinski definition) is 20. The molecule has 3 aliphatic heterocycles. The van der Waals surface area contributed by atoms with E-state index in [4.69, 9.17) is 82.3 Å². The predicted molar refractivity (Wildman–Crippen MR) is 621 cm³/mol. The van der Waals surface area contributed by atoms with Crippen molar-refractivity contribution in [2.75, 3.05) is 0 Å². The lowest BCUT2D eigenvalue weighted by Gasteiger charge is -2.48. The molecule has 0 aromatic carbocycles. The van der Waals surface area contributed by atoms with Crippen molar-refractivity contribution >= 4 is 212 Å². The molecule has 3 saturated heterocycles. The van der Waals surface area contributed by atoms with Crippen LogP contribution in [0.4, 0.5) is 0 Å². The zero-order valence-corrected chi connectivity index (χ0v) is 122. The highest BCUT2D eigenvalue weighted by molar-refractivity contribution is 6.98. The summed E-state index contributed by atoms with van der Waals surface area (Å²) in [6, 6.07) is 2.94. The lowest BCUT2D eigenvalue weighted by atomic mass is 10.2. The van der Waals surface area contributed by atoms with Gasteiger partial charge in [0.05, 0.1) is 0 Å². The van der Waals surface area contributed by atoms with Crippen LogP contribution in [0.2, 0.25) is 380 Å². The van der Waals surface area contributed by atoms with Crippen LogP contribution in [0.5, 0.6) is 0 Å². The lowest BCUT2D eigenvalue weighted by molar-refractivity contribution is 0.228. The first-order chi connectivity index (χ1) is 55.6. The SMILES string of the molecule is CCC(C)C[Si]1(C)O[Si](C)(C)O[Si](C)(C)O[Si](C)(C)O1.CCC(C)C[Si]1(C)O[Si](C)(C)O[Si](C)(C)O[Si](C)(C)O[Si](C)(C)O1.CCC(C)C[Si]1(C)O[Si](C)(C)O[Si](C)(C)O[Si](C)(C)O[Si](C)(C)O[Si](C)(C)O1.CCC(C)[Si](C)(C)C[Si](C)(C)C.CCC(C)[Si](C)(C)O[Si](C)(C)C.CCC(C)[Si](C)(C)O[Si](C)(C)O[Si](C)(C)C.CCC(C)[Si](C)(O[Si](C)(C)C)O[Si](C)(C)C. The molecule has 0 bridgehead atoms. The number of hydrogen-bond donors (Lipinski definition) is 0. The van der Waals surface area contributed by atoms with Crippen LogP contribution in [-0.2, 0) is 82.3 Å². The molecule has 7 atom stereocenters. The highest BCUT2D eigenvalue weighted by atomic mass is 28.6. The second-order valence-corrected chi connectivity index (χ2v) is 152. The Kier molecular flexibility index (Phi) is 57.1. The van der Waals surface area contributed by atoms with Gasteiger partial charge in [0, 0.05) is 16.1 Å². The van der Waals surface area contributed by atoms with Gasteiger partial charge in [-0.1, -0.05) is 180 Å². The van der Waals surface area contributed by atoms with Crippen molar-refractivity contribution in [2.45, 2.75) is 522 Å². The lowest BCUT2D eigenvalue weighted by Crippen LogP contribution is -2.65. The molecule has 0 aromatic heterocycles. The molecule has 20 nitrogen and oxygen atoms in total.